The molecule has 1 aromatic heterocycles. The molecule has 2 aliphatic rings. The first-order valence-corrected chi connectivity index (χ1v) is 9.34. The number of halogens is 1. The molecule has 4 rings (SSSR count). The minimum absolute atomic E-state index is 0.0346. The number of aryl methyl sites for hydroxylation is 2. The van der Waals surface area contributed by atoms with Gasteiger partial charge in [0.05, 0.1) is 13.2 Å². The molecule has 142 valence electrons. The fourth-order valence-corrected chi connectivity index (χ4v) is 3.64. The monoisotopic (exact) mass is 370 g/mol. The summed E-state index contributed by atoms with van der Waals surface area (Å²) in [5.41, 5.74) is 3.45. The van der Waals surface area contributed by atoms with Gasteiger partial charge >= 0.3 is 0 Å². The van der Waals surface area contributed by atoms with Crippen LogP contribution in [0, 0.1) is 18.7 Å². The molecule has 7 heteroatoms. The van der Waals surface area contributed by atoms with E-state index in [0.29, 0.717) is 25.3 Å². The fraction of sp³-hybridized carbons (Fsp3) is 0.450. The number of carbonyl (C=O) groups is 1. The van der Waals surface area contributed by atoms with E-state index in [9.17, 15) is 9.18 Å². The van der Waals surface area contributed by atoms with Gasteiger partial charge in [0.15, 0.2) is 0 Å². The second-order valence-electron chi connectivity index (χ2n) is 7.13. The smallest absolute Gasteiger partial charge is 0.227 e. The molecule has 27 heavy (non-hydrogen) atoms. The number of hydrogen-bond acceptors (Lipinski definition) is 5. The van der Waals surface area contributed by atoms with Crippen LogP contribution in [-0.2, 0) is 22.4 Å². The number of anilines is 2. The van der Waals surface area contributed by atoms with E-state index >= 15 is 0 Å². The number of nitrogens with zero attached hydrogens (tertiary/aromatic N) is 3. The molecule has 1 aliphatic carbocycles. The Kier molecular flexibility index (Phi) is 5.03. The van der Waals surface area contributed by atoms with Crippen molar-refractivity contribution in [1.29, 1.82) is 0 Å². The fourth-order valence-electron chi connectivity index (χ4n) is 3.64. The molecule has 1 aromatic carbocycles. The van der Waals surface area contributed by atoms with E-state index in [-0.39, 0.29) is 17.6 Å². The molecular formula is C20H23FN4O2. The molecule has 2 aromatic rings. The number of rotatable bonds is 3. The van der Waals surface area contributed by atoms with Gasteiger partial charge in [-0.3, -0.25) is 4.79 Å². The topological polar surface area (TPSA) is 67.4 Å². The van der Waals surface area contributed by atoms with Gasteiger partial charge in [-0.25, -0.2) is 14.4 Å². The van der Waals surface area contributed by atoms with Crippen molar-refractivity contribution >= 4 is 17.5 Å². The average molecular weight is 370 g/mol. The Morgan fingerprint density at radius 3 is 2.93 bits per heavy atom. The van der Waals surface area contributed by atoms with E-state index in [0.717, 1.165) is 48.7 Å². The maximum Gasteiger partial charge on any atom is 0.227 e. The standard InChI is InChI=1S/C20H23FN4O2/c1-13-10-16(21)3-5-17(13)23-19(26)14-2-4-18-15(11-14)12-22-20(24-18)25-6-8-27-9-7-25/h3,5,10,12,14H,2,4,6-9,11H2,1H3,(H,23,26)/t14-/m0/s1. The van der Waals surface area contributed by atoms with Crippen LogP contribution in [0.5, 0.6) is 0 Å². The lowest BCUT2D eigenvalue weighted by molar-refractivity contribution is -0.120. The Bertz CT molecular complexity index is 852. The van der Waals surface area contributed by atoms with Crippen LogP contribution in [-0.4, -0.2) is 42.2 Å². The molecular weight excluding hydrogens is 347 g/mol. The number of morpholine rings is 1. The van der Waals surface area contributed by atoms with E-state index < -0.39 is 0 Å². The van der Waals surface area contributed by atoms with Crippen molar-refractivity contribution in [2.24, 2.45) is 5.92 Å². The normalized spacial score (nSPS) is 19.5. The SMILES string of the molecule is Cc1cc(F)ccc1NC(=O)[C@H]1CCc2nc(N3CCOCC3)ncc2C1. The number of nitrogens with one attached hydrogen (secondary N) is 1. The third-order valence-corrected chi connectivity index (χ3v) is 5.25. The highest BCUT2D eigenvalue weighted by Crippen LogP contribution is 2.27. The first-order chi connectivity index (χ1) is 13.1. The molecule has 1 amide bonds. The summed E-state index contributed by atoms with van der Waals surface area (Å²) in [6.07, 6.45) is 3.99. The molecule has 1 atom stereocenters. The Hall–Kier alpha value is -2.54. The summed E-state index contributed by atoms with van der Waals surface area (Å²) < 4.78 is 18.6. The number of aromatic nitrogens is 2. The summed E-state index contributed by atoms with van der Waals surface area (Å²) in [6, 6.07) is 4.39. The summed E-state index contributed by atoms with van der Waals surface area (Å²) in [5, 5.41) is 2.93. The highest BCUT2D eigenvalue weighted by atomic mass is 19.1. The summed E-state index contributed by atoms with van der Waals surface area (Å²) in [7, 11) is 0. The Morgan fingerprint density at radius 1 is 1.33 bits per heavy atom. The van der Waals surface area contributed by atoms with Crippen molar-refractivity contribution in [3.05, 3.63) is 47.0 Å². The van der Waals surface area contributed by atoms with Gasteiger partial charge in [-0.05, 0) is 55.5 Å². The lowest BCUT2D eigenvalue weighted by atomic mass is 9.86. The first kappa shape index (κ1) is 17.9. The van der Waals surface area contributed by atoms with Crippen molar-refractivity contribution in [3.63, 3.8) is 0 Å². The second kappa shape index (κ2) is 7.60. The van der Waals surface area contributed by atoms with Gasteiger partial charge in [0, 0.05) is 36.6 Å². The highest BCUT2D eigenvalue weighted by molar-refractivity contribution is 5.93. The number of ether oxygens (including phenoxy) is 1. The number of amides is 1. The molecule has 1 aliphatic heterocycles. The van der Waals surface area contributed by atoms with Crippen molar-refractivity contribution in [2.45, 2.75) is 26.2 Å². The predicted octanol–water partition coefficient (Wildman–Crippen LogP) is 2.50. The van der Waals surface area contributed by atoms with Crippen LogP contribution in [0.15, 0.2) is 24.4 Å². The minimum atomic E-state index is -0.301. The molecule has 0 spiro atoms. The number of fused-ring (bicyclic) bond motifs is 1. The van der Waals surface area contributed by atoms with Crippen molar-refractivity contribution in [2.75, 3.05) is 36.5 Å². The van der Waals surface area contributed by atoms with Gasteiger partial charge in [0.1, 0.15) is 5.82 Å². The van der Waals surface area contributed by atoms with Crippen molar-refractivity contribution in [1.82, 2.24) is 9.97 Å². The number of hydrogen-bond donors (Lipinski definition) is 1. The Labute approximate surface area is 157 Å². The molecule has 0 radical (unpaired) electrons. The zero-order chi connectivity index (χ0) is 18.8. The summed E-state index contributed by atoms with van der Waals surface area (Å²) in [4.78, 5) is 24.0. The van der Waals surface area contributed by atoms with Gasteiger partial charge in [0.25, 0.3) is 0 Å². The van der Waals surface area contributed by atoms with E-state index in [1.54, 1.807) is 13.0 Å². The van der Waals surface area contributed by atoms with Crippen LogP contribution >= 0.6 is 0 Å². The third-order valence-electron chi connectivity index (χ3n) is 5.25. The van der Waals surface area contributed by atoms with Crippen LogP contribution in [0.2, 0.25) is 0 Å². The zero-order valence-corrected chi connectivity index (χ0v) is 15.4. The predicted molar refractivity (Wildman–Crippen MR) is 100 cm³/mol. The average Bonchev–Trinajstić information content (AvgIpc) is 2.70. The number of benzene rings is 1. The van der Waals surface area contributed by atoms with E-state index in [1.807, 2.05) is 6.20 Å². The molecule has 2 heterocycles. The molecule has 0 unspecified atom stereocenters. The minimum Gasteiger partial charge on any atom is -0.378 e. The summed E-state index contributed by atoms with van der Waals surface area (Å²) in [5.74, 6) is 0.291. The molecule has 0 saturated carbocycles. The van der Waals surface area contributed by atoms with E-state index in [2.05, 4.69) is 15.2 Å². The van der Waals surface area contributed by atoms with Crippen LogP contribution in [0.3, 0.4) is 0 Å². The third kappa shape index (κ3) is 3.93. The molecule has 1 fully saturated rings. The van der Waals surface area contributed by atoms with Gasteiger partial charge in [-0.2, -0.15) is 0 Å². The summed E-state index contributed by atoms with van der Waals surface area (Å²) >= 11 is 0. The summed E-state index contributed by atoms with van der Waals surface area (Å²) in [6.45, 7) is 4.80. The quantitative estimate of drug-likeness (QED) is 0.899. The molecule has 1 N–H and O–H groups in total. The van der Waals surface area contributed by atoms with Crippen LogP contribution in [0.4, 0.5) is 16.0 Å². The first-order valence-electron chi connectivity index (χ1n) is 9.34. The van der Waals surface area contributed by atoms with Gasteiger partial charge in [-0.1, -0.05) is 0 Å². The molecule has 1 saturated heterocycles. The van der Waals surface area contributed by atoms with Gasteiger partial charge in [-0.15, -0.1) is 0 Å². The van der Waals surface area contributed by atoms with E-state index in [4.69, 9.17) is 9.72 Å². The van der Waals surface area contributed by atoms with Crippen molar-refractivity contribution < 1.29 is 13.9 Å². The van der Waals surface area contributed by atoms with Crippen molar-refractivity contribution in [3.8, 4) is 0 Å². The largest absolute Gasteiger partial charge is 0.378 e. The Morgan fingerprint density at radius 2 is 2.15 bits per heavy atom. The molecule has 6 nitrogen and oxygen atoms in total. The van der Waals surface area contributed by atoms with Crippen LogP contribution in [0.25, 0.3) is 0 Å². The molecule has 0 bridgehead atoms. The Balaban J connectivity index is 1.44. The highest BCUT2D eigenvalue weighted by Gasteiger charge is 2.27. The van der Waals surface area contributed by atoms with Gasteiger partial charge in [0.2, 0.25) is 11.9 Å². The number of carbonyl (C=O) groups excluding carboxylic acids is 1. The van der Waals surface area contributed by atoms with E-state index in [1.165, 1.54) is 12.1 Å². The van der Waals surface area contributed by atoms with Crippen LogP contribution in [0.1, 0.15) is 23.2 Å². The lowest BCUT2D eigenvalue weighted by Crippen LogP contribution is -2.38. The lowest BCUT2D eigenvalue weighted by Gasteiger charge is -2.28. The second-order valence-corrected chi connectivity index (χ2v) is 7.13. The maximum atomic E-state index is 13.2. The zero-order valence-electron chi connectivity index (χ0n) is 15.4. The van der Waals surface area contributed by atoms with Crippen LogP contribution < -0.4 is 10.2 Å². The maximum absolute atomic E-state index is 13.2. The van der Waals surface area contributed by atoms with Gasteiger partial charge < -0.3 is 15.0 Å².